The Morgan fingerprint density at radius 1 is 1.47 bits per heavy atom. The number of rotatable bonds is 5. The number of hydrogen-bond donors (Lipinski definition) is 1. The quantitative estimate of drug-likeness (QED) is 0.908. The lowest BCUT2D eigenvalue weighted by Gasteiger charge is -2.10. The molecule has 0 aliphatic heterocycles. The van der Waals surface area contributed by atoms with Gasteiger partial charge >= 0.3 is 0 Å². The van der Waals surface area contributed by atoms with Crippen LogP contribution in [0.4, 0.5) is 0 Å². The van der Waals surface area contributed by atoms with Crippen molar-refractivity contribution in [2.75, 3.05) is 13.2 Å². The van der Waals surface area contributed by atoms with E-state index < -0.39 is 0 Å². The summed E-state index contributed by atoms with van der Waals surface area (Å²) in [6, 6.07) is 5.77. The number of hydrogen-bond acceptors (Lipinski definition) is 2. The Bertz CT molecular complexity index is 391. The Labute approximate surface area is 111 Å². The van der Waals surface area contributed by atoms with Gasteiger partial charge < -0.3 is 10.1 Å². The third-order valence-electron chi connectivity index (χ3n) is 2.15. The van der Waals surface area contributed by atoms with E-state index in [0.717, 1.165) is 10.0 Å². The summed E-state index contributed by atoms with van der Waals surface area (Å²) in [6.45, 7) is 6.84. The second-order valence-corrected chi connectivity index (χ2v) is 5.27. The SMILES string of the molecule is Cc1ccc(OCC(=O)NCC(C)C)c(Br)c1. The maximum atomic E-state index is 11.4. The molecule has 1 amide bonds. The highest BCUT2D eigenvalue weighted by atomic mass is 79.9. The van der Waals surface area contributed by atoms with E-state index in [1.54, 1.807) is 0 Å². The number of nitrogens with one attached hydrogen (secondary N) is 1. The molecule has 1 aromatic carbocycles. The monoisotopic (exact) mass is 299 g/mol. The summed E-state index contributed by atoms with van der Waals surface area (Å²) >= 11 is 3.40. The summed E-state index contributed by atoms with van der Waals surface area (Å²) in [7, 11) is 0. The van der Waals surface area contributed by atoms with Gasteiger partial charge in [-0.3, -0.25) is 4.79 Å². The van der Waals surface area contributed by atoms with Crippen LogP contribution in [0.25, 0.3) is 0 Å². The van der Waals surface area contributed by atoms with Gasteiger partial charge in [-0.25, -0.2) is 0 Å². The van der Waals surface area contributed by atoms with Gasteiger partial charge in [0.1, 0.15) is 5.75 Å². The molecule has 94 valence electrons. The Hall–Kier alpha value is -1.03. The summed E-state index contributed by atoms with van der Waals surface area (Å²) < 4.78 is 6.30. The maximum Gasteiger partial charge on any atom is 0.257 e. The largest absolute Gasteiger partial charge is 0.483 e. The Kier molecular flexibility index (Phi) is 5.48. The third kappa shape index (κ3) is 5.22. The molecule has 0 bridgehead atoms. The molecule has 0 radical (unpaired) electrons. The van der Waals surface area contributed by atoms with Gasteiger partial charge in [0.15, 0.2) is 6.61 Å². The lowest BCUT2D eigenvalue weighted by molar-refractivity contribution is -0.123. The average molecular weight is 300 g/mol. The molecule has 0 fully saturated rings. The summed E-state index contributed by atoms with van der Waals surface area (Å²) in [5, 5.41) is 2.80. The predicted molar refractivity (Wildman–Crippen MR) is 72.2 cm³/mol. The zero-order valence-corrected chi connectivity index (χ0v) is 12.0. The van der Waals surface area contributed by atoms with Crippen molar-refractivity contribution in [3.8, 4) is 5.75 Å². The Morgan fingerprint density at radius 2 is 2.18 bits per heavy atom. The van der Waals surface area contributed by atoms with Gasteiger partial charge in [-0.2, -0.15) is 0 Å². The fourth-order valence-electron chi connectivity index (χ4n) is 1.24. The molecule has 4 heteroatoms. The number of amides is 1. The first-order chi connectivity index (χ1) is 7.99. The van der Waals surface area contributed by atoms with E-state index in [0.29, 0.717) is 18.2 Å². The van der Waals surface area contributed by atoms with Gasteiger partial charge in [0.25, 0.3) is 5.91 Å². The normalized spacial score (nSPS) is 10.4. The molecule has 1 N–H and O–H groups in total. The number of halogens is 1. The minimum atomic E-state index is -0.0915. The molecule has 0 unspecified atom stereocenters. The Morgan fingerprint density at radius 3 is 2.76 bits per heavy atom. The second kappa shape index (κ2) is 6.64. The highest BCUT2D eigenvalue weighted by Gasteiger charge is 2.06. The van der Waals surface area contributed by atoms with Crippen LogP contribution in [0, 0.1) is 12.8 Å². The molecular formula is C13H18BrNO2. The molecule has 17 heavy (non-hydrogen) atoms. The molecule has 0 aliphatic rings. The van der Waals surface area contributed by atoms with E-state index in [4.69, 9.17) is 4.74 Å². The standard InChI is InChI=1S/C13H18BrNO2/c1-9(2)7-15-13(16)8-17-12-5-4-10(3)6-11(12)14/h4-6,9H,7-8H2,1-3H3,(H,15,16). The van der Waals surface area contributed by atoms with Crippen LogP contribution in [0.2, 0.25) is 0 Å². The minimum Gasteiger partial charge on any atom is -0.483 e. The van der Waals surface area contributed by atoms with E-state index >= 15 is 0 Å². The van der Waals surface area contributed by atoms with Crippen molar-refractivity contribution in [1.29, 1.82) is 0 Å². The van der Waals surface area contributed by atoms with Crippen LogP contribution in [0.15, 0.2) is 22.7 Å². The molecule has 1 aromatic rings. The fourth-order valence-corrected chi connectivity index (χ4v) is 1.84. The van der Waals surface area contributed by atoms with Crippen LogP contribution in [-0.2, 0) is 4.79 Å². The van der Waals surface area contributed by atoms with Crippen LogP contribution in [0.5, 0.6) is 5.75 Å². The number of aryl methyl sites for hydroxylation is 1. The lowest BCUT2D eigenvalue weighted by atomic mass is 10.2. The first kappa shape index (κ1) is 14.0. The number of ether oxygens (including phenoxy) is 1. The van der Waals surface area contributed by atoms with E-state index in [1.165, 1.54) is 0 Å². The fraction of sp³-hybridized carbons (Fsp3) is 0.462. The van der Waals surface area contributed by atoms with E-state index in [-0.39, 0.29) is 12.5 Å². The topological polar surface area (TPSA) is 38.3 Å². The van der Waals surface area contributed by atoms with Crippen molar-refractivity contribution in [2.24, 2.45) is 5.92 Å². The van der Waals surface area contributed by atoms with Gasteiger partial charge in [-0.05, 0) is 46.5 Å². The summed E-state index contributed by atoms with van der Waals surface area (Å²) in [6.07, 6.45) is 0. The summed E-state index contributed by atoms with van der Waals surface area (Å²) in [4.78, 5) is 11.4. The van der Waals surface area contributed by atoms with Crippen molar-refractivity contribution in [2.45, 2.75) is 20.8 Å². The van der Waals surface area contributed by atoms with Crippen molar-refractivity contribution in [3.05, 3.63) is 28.2 Å². The first-order valence-corrected chi connectivity index (χ1v) is 6.44. The lowest BCUT2D eigenvalue weighted by Crippen LogP contribution is -2.31. The van der Waals surface area contributed by atoms with Crippen molar-refractivity contribution in [1.82, 2.24) is 5.32 Å². The molecule has 0 aliphatic carbocycles. The molecule has 1 rings (SSSR count). The zero-order chi connectivity index (χ0) is 12.8. The Balaban J connectivity index is 2.42. The van der Waals surface area contributed by atoms with Crippen molar-refractivity contribution >= 4 is 21.8 Å². The molecule has 0 saturated heterocycles. The van der Waals surface area contributed by atoms with Crippen LogP contribution in [0.1, 0.15) is 19.4 Å². The van der Waals surface area contributed by atoms with E-state index in [1.807, 2.05) is 25.1 Å². The van der Waals surface area contributed by atoms with Crippen molar-refractivity contribution in [3.63, 3.8) is 0 Å². The molecular weight excluding hydrogens is 282 g/mol. The smallest absolute Gasteiger partial charge is 0.257 e. The molecule has 0 aromatic heterocycles. The number of benzene rings is 1. The van der Waals surface area contributed by atoms with Gasteiger partial charge in [0.05, 0.1) is 4.47 Å². The van der Waals surface area contributed by atoms with Crippen LogP contribution < -0.4 is 10.1 Å². The van der Waals surface area contributed by atoms with Crippen LogP contribution in [-0.4, -0.2) is 19.1 Å². The molecule has 0 heterocycles. The number of carbonyl (C=O) groups is 1. The van der Waals surface area contributed by atoms with Gasteiger partial charge in [0, 0.05) is 6.54 Å². The first-order valence-electron chi connectivity index (χ1n) is 5.64. The highest BCUT2D eigenvalue weighted by Crippen LogP contribution is 2.25. The summed E-state index contributed by atoms with van der Waals surface area (Å²) in [5.41, 5.74) is 1.15. The highest BCUT2D eigenvalue weighted by molar-refractivity contribution is 9.10. The predicted octanol–water partition coefficient (Wildman–Crippen LogP) is 2.91. The molecule has 3 nitrogen and oxygen atoms in total. The van der Waals surface area contributed by atoms with Gasteiger partial charge in [-0.1, -0.05) is 19.9 Å². The number of carbonyl (C=O) groups excluding carboxylic acids is 1. The summed E-state index contributed by atoms with van der Waals surface area (Å²) in [5.74, 6) is 1.05. The van der Waals surface area contributed by atoms with Crippen LogP contribution >= 0.6 is 15.9 Å². The second-order valence-electron chi connectivity index (χ2n) is 4.42. The minimum absolute atomic E-state index is 0.0500. The van der Waals surface area contributed by atoms with Gasteiger partial charge in [-0.15, -0.1) is 0 Å². The average Bonchev–Trinajstić information content (AvgIpc) is 2.25. The molecule has 0 atom stereocenters. The van der Waals surface area contributed by atoms with E-state index in [2.05, 4.69) is 35.1 Å². The molecule has 0 saturated carbocycles. The maximum absolute atomic E-state index is 11.4. The third-order valence-corrected chi connectivity index (χ3v) is 2.77. The van der Waals surface area contributed by atoms with Gasteiger partial charge in [0.2, 0.25) is 0 Å². The van der Waals surface area contributed by atoms with Crippen molar-refractivity contribution < 1.29 is 9.53 Å². The van der Waals surface area contributed by atoms with E-state index in [9.17, 15) is 4.79 Å². The molecule has 0 spiro atoms. The van der Waals surface area contributed by atoms with Crippen LogP contribution in [0.3, 0.4) is 0 Å². The zero-order valence-electron chi connectivity index (χ0n) is 10.4.